The predicted octanol–water partition coefficient (Wildman–Crippen LogP) is 6.13. The largest absolute Gasteiger partial charge is 0.472 e. The van der Waals surface area contributed by atoms with Crippen LogP contribution in [0.15, 0.2) is 0 Å². The van der Waals surface area contributed by atoms with Gasteiger partial charge in [-0.3, -0.25) is 0 Å². The molecule has 182 valence electrons. The molecule has 0 saturated heterocycles. The van der Waals surface area contributed by atoms with Gasteiger partial charge in [0.2, 0.25) is 0 Å². The topological polar surface area (TPSA) is 6.48 Å². The van der Waals surface area contributed by atoms with Crippen LogP contribution in [0.5, 0.6) is 0 Å². The van der Waals surface area contributed by atoms with E-state index in [0.29, 0.717) is 0 Å². The van der Waals surface area contributed by atoms with Crippen LogP contribution in [0.2, 0.25) is 0 Å². The Balaban J connectivity index is 7.04. The van der Waals surface area contributed by atoms with Gasteiger partial charge in [0.1, 0.15) is 0 Å². The lowest BCUT2D eigenvalue weighted by Crippen LogP contribution is -2.76. The molecule has 0 bridgehead atoms. The van der Waals surface area contributed by atoms with Crippen molar-refractivity contribution < 1.29 is 87.8 Å². The third-order valence-corrected chi connectivity index (χ3v) is 2.70. The summed E-state index contributed by atoms with van der Waals surface area (Å²) in [6, 6.07) is -25.6. The number of rotatable bonds is 5. The molecule has 0 aromatic rings. The molecule has 0 aromatic carbocycles. The summed E-state index contributed by atoms with van der Waals surface area (Å²) in [5.41, 5.74) is 0. The van der Waals surface area contributed by atoms with Gasteiger partial charge in [0, 0.05) is 0 Å². The zero-order chi connectivity index (χ0) is 25.2. The van der Waals surface area contributed by atoms with Crippen LogP contribution in [0.1, 0.15) is 0 Å². The van der Waals surface area contributed by atoms with Crippen LogP contribution in [0, 0.1) is 0 Å². The lowest BCUT2D eigenvalue weighted by atomic mass is 10.1. The van der Waals surface area contributed by atoms with E-state index in [0.717, 1.165) is 0 Å². The maximum absolute atomic E-state index is 13.3. The van der Waals surface area contributed by atoms with Gasteiger partial charge in [-0.1, -0.05) is 9.80 Å². The first kappa shape index (κ1) is 28.5. The second-order valence-electron chi connectivity index (χ2n) is 4.77. The van der Waals surface area contributed by atoms with Gasteiger partial charge in [0.15, 0.2) is 0 Å². The zero-order valence-electron chi connectivity index (χ0n) is 12.5. The monoisotopic (exact) mass is 504 g/mol. The number of halogens is 20. The van der Waals surface area contributed by atoms with Crippen LogP contribution >= 0.6 is 0 Å². The summed E-state index contributed by atoms with van der Waals surface area (Å²) in [5, 5.41) is 0. The maximum atomic E-state index is 13.3. The van der Waals surface area contributed by atoms with E-state index in [4.69, 9.17) is 0 Å². The molecule has 2 nitrogen and oxygen atoms in total. The highest BCUT2D eigenvalue weighted by atomic mass is 19.4. The van der Waals surface area contributed by atoms with Crippen molar-refractivity contribution in [1.82, 2.24) is 9.80 Å². The van der Waals surface area contributed by atoms with Gasteiger partial charge in [0.05, 0.1) is 0 Å². The summed E-state index contributed by atoms with van der Waals surface area (Å²) in [6.45, 7) is 0. The molecule has 0 amide bonds. The number of alkyl halides is 20. The molecule has 0 fully saturated rings. The SMILES string of the molecule is FC(F)(F)N(C(F)(F)F)C(F)(F)C(F)(F)C(F)(F)N(C(F)(F)F)C(F)(F)C(F)(F)F. The summed E-state index contributed by atoms with van der Waals surface area (Å²) in [5.74, 6) is -8.82. The molecule has 0 atom stereocenters. The molecule has 0 heterocycles. The van der Waals surface area contributed by atoms with Gasteiger partial charge in [-0.15, -0.1) is 0 Å². The van der Waals surface area contributed by atoms with Crippen molar-refractivity contribution in [3.63, 3.8) is 0 Å². The number of nitrogens with zero attached hydrogens (tertiary/aromatic N) is 2. The third-order valence-electron chi connectivity index (χ3n) is 2.70. The highest BCUT2D eigenvalue weighted by Crippen LogP contribution is 2.59. The first-order valence-electron chi connectivity index (χ1n) is 5.87. The molecule has 0 saturated carbocycles. The van der Waals surface area contributed by atoms with E-state index in [2.05, 4.69) is 0 Å². The Morgan fingerprint density at radius 3 is 0.733 bits per heavy atom. The molecule has 0 spiro atoms. The number of hydrogen-bond donors (Lipinski definition) is 0. The van der Waals surface area contributed by atoms with E-state index in [9.17, 15) is 87.8 Å². The molecule has 0 radical (unpaired) electrons. The predicted molar refractivity (Wildman–Crippen MR) is 47.7 cm³/mol. The standard InChI is InChI=1S/C8F20N2/c9-1(10,4(16,17)30(7(23,24)25)8(26,27)28)3(14,15)29(6(20,21)22)5(18,19)2(11,12)13. The highest BCUT2D eigenvalue weighted by Gasteiger charge is 2.88. The molecule has 0 aliphatic carbocycles. The van der Waals surface area contributed by atoms with Crippen LogP contribution in [-0.4, -0.2) is 58.9 Å². The fourth-order valence-corrected chi connectivity index (χ4v) is 1.55. The van der Waals surface area contributed by atoms with E-state index in [1.54, 1.807) is 0 Å². The minimum absolute atomic E-state index is 4.71. The lowest BCUT2D eigenvalue weighted by molar-refractivity contribution is -0.527. The van der Waals surface area contributed by atoms with E-state index < -0.39 is 58.9 Å². The molecule has 0 aliphatic rings. The molecular formula is C8F20N2. The Labute approximate surface area is 148 Å². The number of hydrogen-bond acceptors (Lipinski definition) is 2. The van der Waals surface area contributed by atoms with Crippen LogP contribution in [0.4, 0.5) is 87.8 Å². The average molecular weight is 504 g/mol. The van der Waals surface area contributed by atoms with E-state index in [1.807, 2.05) is 0 Å². The van der Waals surface area contributed by atoms with Crippen molar-refractivity contribution in [2.24, 2.45) is 0 Å². The molecule has 0 aromatic heterocycles. The van der Waals surface area contributed by atoms with Gasteiger partial charge >= 0.3 is 49.1 Å². The van der Waals surface area contributed by atoms with Gasteiger partial charge in [-0.05, 0) is 0 Å². The average Bonchev–Trinajstić information content (AvgIpc) is 2.28. The minimum Gasteiger partial charge on any atom is -0.189 e. The van der Waals surface area contributed by atoms with Gasteiger partial charge < -0.3 is 0 Å². The fraction of sp³-hybridized carbons (Fsp3) is 1.00. The molecule has 30 heavy (non-hydrogen) atoms. The zero-order valence-corrected chi connectivity index (χ0v) is 12.5. The normalized spacial score (nSPS) is 16.6. The molecule has 0 N–H and O–H groups in total. The Bertz CT molecular complexity index is 588. The summed E-state index contributed by atoms with van der Waals surface area (Å²) in [6.07, 6.45) is -31.6. The lowest BCUT2D eigenvalue weighted by Gasteiger charge is -2.44. The molecular weight excluding hydrogens is 504 g/mol. The Hall–Kier alpha value is -1.48. The van der Waals surface area contributed by atoms with Crippen molar-refractivity contribution in [2.75, 3.05) is 0 Å². The van der Waals surface area contributed by atoms with Crippen LogP contribution in [0.3, 0.4) is 0 Å². The second kappa shape index (κ2) is 7.02. The Kier molecular flexibility index (Phi) is 6.67. The molecule has 0 unspecified atom stereocenters. The molecule has 22 heteroatoms. The quantitative estimate of drug-likeness (QED) is 0.329. The third kappa shape index (κ3) is 4.56. The molecule has 0 rings (SSSR count). The van der Waals surface area contributed by atoms with Crippen molar-refractivity contribution in [3.05, 3.63) is 0 Å². The summed E-state index contributed by atoms with van der Waals surface area (Å²) >= 11 is 0. The maximum Gasteiger partial charge on any atom is 0.472 e. The fourth-order valence-electron chi connectivity index (χ4n) is 1.55. The van der Waals surface area contributed by atoms with E-state index in [1.165, 1.54) is 0 Å². The molecule has 0 aliphatic heterocycles. The Morgan fingerprint density at radius 1 is 0.300 bits per heavy atom. The van der Waals surface area contributed by atoms with Crippen molar-refractivity contribution in [2.45, 2.75) is 49.1 Å². The van der Waals surface area contributed by atoms with Gasteiger partial charge in [-0.25, -0.2) is 0 Å². The van der Waals surface area contributed by atoms with Gasteiger partial charge in [-0.2, -0.15) is 87.8 Å². The van der Waals surface area contributed by atoms with Crippen molar-refractivity contribution in [1.29, 1.82) is 0 Å². The first-order chi connectivity index (χ1) is 12.5. The Morgan fingerprint density at radius 2 is 0.533 bits per heavy atom. The van der Waals surface area contributed by atoms with Crippen LogP contribution in [-0.2, 0) is 0 Å². The summed E-state index contributed by atoms with van der Waals surface area (Å²) in [7, 11) is 0. The minimum atomic E-state index is -8.82. The van der Waals surface area contributed by atoms with E-state index >= 15 is 0 Å². The van der Waals surface area contributed by atoms with Crippen molar-refractivity contribution >= 4 is 0 Å². The van der Waals surface area contributed by atoms with Crippen LogP contribution < -0.4 is 0 Å². The first-order valence-corrected chi connectivity index (χ1v) is 5.87. The van der Waals surface area contributed by atoms with Gasteiger partial charge in [0.25, 0.3) is 0 Å². The van der Waals surface area contributed by atoms with E-state index in [-0.39, 0.29) is 0 Å². The summed E-state index contributed by atoms with van der Waals surface area (Å²) in [4.78, 5) is -9.65. The highest BCUT2D eigenvalue weighted by molar-refractivity contribution is 5.01. The smallest absolute Gasteiger partial charge is 0.189 e. The van der Waals surface area contributed by atoms with Crippen LogP contribution in [0.25, 0.3) is 0 Å². The van der Waals surface area contributed by atoms with Crippen molar-refractivity contribution in [3.8, 4) is 0 Å². The summed E-state index contributed by atoms with van der Waals surface area (Å²) < 4.78 is 250. The second-order valence-corrected chi connectivity index (χ2v) is 4.77.